The number of hydrogen-bond donors (Lipinski definition) is 1. The summed E-state index contributed by atoms with van der Waals surface area (Å²) in [5.74, 6) is -0.133. The Kier molecular flexibility index (Phi) is 6.08. The van der Waals surface area contributed by atoms with Crippen LogP contribution in [0.25, 0.3) is 16.6 Å². The number of amides is 1. The number of halogens is 1. The van der Waals surface area contributed by atoms with Gasteiger partial charge in [0.15, 0.2) is 0 Å². The number of nitrogens with one attached hydrogen (secondary N) is 1. The highest BCUT2D eigenvalue weighted by Gasteiger charge is 2.32. The van der Waals surface area contributed by atoms with Crippen LogP contribution in [-0.4, -0.2) is 45.5 Å². The van der Waals surface area contributed by atoms with Crippen LogP contribution in [0.1, 0.15) is 75.9 Å². The van der Waals surface area contributed by atoms with Gasteiger partial charge in [-0.3, -0.25) is 9.78 Å². The average Bonchev–Trinajstić information content (AvgIpc) is 3.04. The largest absolute Gasteiger partial charge is 0.334 e. The first-order valence-electron chi connectivity index (χ1n) is 11.8. The molecule has 1 aliphatic rings. The SMILES string of the molecule is CC(C)N(C(=O)c1cc(F)cc(C(C)(C)C)c1-n1cc(C2CNC2)c2ccncc21)C(C)C. The van der Waals surface area contributed by atoms with Crippen LogP contribution < -0.4 is 5.32 Å². The van der Waals surface area contributed by atoms with Gasteiger partial charge in [0.05, 0.1) is 23.0 Å². The number of aromatic nitrogens is 2. The summed E-state index contributed by atoms with van der Waals surface area (Å²) in [5, 5.41) is 4.48. The van der Waals surface area contributed by atoms with E-state index in [1.165, 1.54) is 11.6 Å². The summed E-state index contributed by atoms with van der Waals surface area (Å²) in [7, 11) is 0. The summed E-state index contributed by atoms with van der Waals surface area (Å²) in [6.45, 7) is 16.0. The number of carbonyl (C=O) groups is 1. The minimum Gasteiger partial charge on any atom is -0.334 e. The standard InChI is InChI=1S/C27H35FN4O/c1-16(2)32(17(3)4)26(33)21-10-19(28)11-23(27(5,6)7)25(21)31-15-22(18-12-30-13-18)20-8-9-29-14-24(20)31/h8-11,14-18,30H,12-13H2,1-7H3. The molecule has 0 unspecified atom stereocenters. The lowest BCUT2D eigenvalue weighted by atomic mass is 9.84. The molecule has 6 heteroatoms. The molecule has 2 aromatic heterocycles. The highest BCUT2D eigenvalue weighted by atomic mass is 19.1. The third-order valence-electron chi connectivity index (χ3n) is 6.56. The molecule has 33 heavy (non-hydrogen) atoms. The maximum Gasteiger partial charge on any atom is 0.256 e. The molecule has 0 saturated carbocycles. The van der Waals surface area contributed by atoms with Gasteiger partial charge >= 0.3 is 0 Å². The lowest BCUT2D eigenvalue weighted by molar-refractivity contribution is 0.0643. The molecule has 1 N–H and O–H groups in total. The number of fused-ring (bicyclic) bond motifs is 1. The molecule has 1 aliphatic heterocycles. The van der Waals surface area contributed by atoms with Crippen molar-refractivity contribution in [2.24, 2.45) is 0 Å². The first-order chi connectivity index (χ1) is 15.5. The van der Waals surface area contributed by atoms with E-state index < -0.39 is 5.82 Å². The van der Waals surface area contributed by atoms with Crippen molar-refractivity contribution in [3.05, 3.63) is 59.3 Å². The third kappa shape index (κ3) is 4.17. The van der Waals surface area contributed by atoms with Crippen LogP contribution in [0.15, 0.2) is 36.8 Å². The van der Waals surface area contributed by atoms with Crippen molar-refractivity contribution >= 4 is 16.8 Å². The van der Waals surface area contributed by atoms with Gasteiger partial charge < -0.3 is 14.8 Å². The summed E-state index contributed by atoms with van der Waals surface area (Å²) in [6, 6.07) is 5.00. The Hall–Kier alpha value is -2.73. The van der Waals surface area contributed by atoms with Crippen molar-refractivity contribution in [2.75, 3.05) is 13.1 Å². The Bertz CT molecular complexity index is 1180. The number of rotatable bonds is 5. The highest BCUT2D eigenvalue weighted by Crippen LogP contribution is 2.38. The van der Waals surface area contributed by atoms with Crippen LogP contribution in [-0.2, 0) is 5.41 Å². The van der Waals surface area contributed by atoms with Gasteiger partial charge in [0.2, 0.25) is 0 Å². The molecule has 0 bridgehead atoms. The molecule has 3 aromatic rings. The predicted molar refractivity (Wildman–Crippen MR) is 132 cm³/mol. The molecule has 0 spiro atoms. The van der Waals surface area contributed by atoms with Gasteiger partial charge in [-0.1, -0.05) is 20.8 Å². The monoisotopic (exact) mass is 450 g/mol. The molecular formula is C27H35FN4O. The van der Waals surface area contributed by atoms with Crippen LogP contribution >= 0.6 is 0 Å². The Morgan fingerprint density at radius 3 is 2.39 bits per heavy atom. The molecule has 1 aromatic carbocycles. The molecule has 1 fully saturated rings. The van der Waals surface area contributed by atoms with Crippen LogP contribution in [0, 0.1) is 5.82 Å². The minimum atomic E-state index is -0.391. The summed E-state index contributed by atoms with van der Waals surface area (Å²) in [6.07, 6.45) is 5.78. The average molecular weight is 451 g/mol. The number of carbonyl (C=O) groups excluding carboxylic acids is 1. The van der Waals surface area contributed by atoms with Crippen LogP contribution in [0.2, 0.25) is 0 Å². The number of benzene rings is 1. The first-order valence-corrected chi connectivity index (χ1v) is 11.8. The molecule has 0 atom stereocenters. The zero-order chi connectivity index (χ0) is 24.1. The van der Waals surface area contributed by atoms with E-state index in [-0.39, 0.29) is 23.4 Å². The molecule has 1 saturated heterocycles. The fourth-order valence-corrected chi connectivity index (χ4v) is 4.92. The molecule has 1 amide bonds. The molecule has 0 radical (unpaired) electrons. The molecule has 5 nitrogen and oxygen atoms in total. The Labute approximate surface area is 196 Å². The van der Waals surface area contributed by atoms with E-state index in [1.807, 2.05) is 51.1 Å². The molecule has 3 heterocycles. The van der Waals surface area contributed by atoms with Gasteiger partial charge in [-0.15, -0.1) is 0 Å². The van der Waals surface area contributed by atoms with E-state index in [4.69, 9.17) is 0 Å². The Morgan fingerprint density at radius 1 is 1.18 bits per heavy atom. The fourth-order valence-electron chi connectivity index (χ4n) is 4.92. The second-order valence-electron chi connectivity index (χ2n) is 10.7. The second kappa shape index (κ2) is 8.56. The number of pyridine rings is 1. The van der Waals surface area contributed by atoms with Crippen molar-refractivity contribution in [3.8, 4) is 5.69 Å². The maximum atomic E-state index is 15.0. The van der Waals surface area contributed by atoms with E-state index in [2.05, 4.69) is 41.8 Å². The first kappa shape index (κ1) is 23.4. The zero-order valence-electron chi connectivity index (χ0n) is 20.7. The van der Waals surface area contributed by atoms with Gasteiger partial charge in [-0.05, 0) is 62.4 Å². The zero-order valence-corrected chi connectivity index (χ0v) is 20.7. The van der Waals surface area contributed by atoms with Gasteiger partial charge in [0.25, 0.3) is 5.91 Å². The Balaban J connectivity index is 2.05. The third-order valence-corrected chi connectivity index (χ3v) is 6.56. The van der Waals surface area contributed by atoms with Crippen molar-refractivity contribution in [3.63, 3.8) is 0 Å². The summed E-state index contributed by atoms with van der Waals surface area (Å²) >= 11 is 0. The minimum absolute atomic E-state index is 0.00797. The normalized spacial score (nSPS) is 14.8. The lowest BCUT2D eigenvalue weighted by Gasteiger charge is -2.33. The number of nitrogens with zero attached hydrogens (tertiary/aromatic N) is 3. The van der Waals surface area contributed by atoms with Crippen LogP contribution in [0.3, 0.4) is 0 Å². The van der Waals surface area contributed by atoms with Gasteiger partial charge in [-0.25, -0.2) is 4.39 Å². The maximum absolute atomic E-state index is 15.0. The van der Waals surface area contributed by atoms with Crippen molar-refractivity contribution in [1.82, 2.24) is 19.8 Å². The van der Waals surface area contributed by atoms with E-state index in [1.54, 1.807) is 6.07 Å². The van der Waals surface area contributed by atoms with Crippen LogP contribution in [0.5, 0.6) is 0 Å². The topological polar surface area (TPSA) is 50.2 Å². The lowest BCUT2D eigenvalue weighted by Crippen LogP contribution is -2.42. The second-order valence-corrected chi connectivity index (χ2v) is 10.7. The smallest absolute Gasteiger partial charge is 0.256 e. The van der Waals surface area contributed by atoms with E-state index in [0.717, 1.165) is 35.2 Å². The molecule has 4 rings (SSSR count). The molecular weight excluding hydrogens is 415 g/mol. The van der Waals surface area contributed by atoms with Crippen LogP contribution in [0.4, 0.5) is 4.39 Å². The molecule has 0 aliphatic carbocycles. The van der Waals surface area contributed by atoms with Gasteiger partial charge in [-0.2, -0.15) is 0 Å². The predicted octanol–water partition coefficient (Wildman–Crippen LogP) is 5.41. The summed E-state index contributed by atoms with van der Waals surface area (Å²) in [5.41, 5.74) is 3.74. The Morgan fingerprint density at radius 2 is 1.85 bits per heavy atom. The molecule has 176 valence electrons. The van der Waals surface area contributed by atoms with Gasteiger partial charge in [0.1, 0.15) is 5.82 Å². The van der Waals surface area contributed by atoms with Gasteiger partial charge in [0, 0.05) is 48.9 Å². The fraction of sp³-hybridized carbons (Fsp3) is 0.481. The number of hydrogen-bond acceptors (Lipinski definition) is 3. The quantitative estimate of drug-likeness (QED) is 0.566. The van der Waals surface area contributed by atoms with Crippen molar-refractivity contribution < 1.29 is 9.18 Å². The van der Waals surface area contributed by atoms with E-state index in [9.17, 15) is 9.18 Å². The van der Waals surface area contributed by atoms with E-state index >= 15 is 0 Å². The highest BCUT2D eigenvalue weighted by molar-refractivity contribution is 6.00. The van der Waals surface area contributed by atoms with Crippen molar-refractivity contribution in [2.45, 2.75) is 71.9 Å². The summed E-state index contributed by atoms with van der Waals surface area (Å²) in [4.78, 5) is 20.1. The van der Waals surface area contributed by atoms with E-state index in [0.29, 0.717) is 11.5 Å². The van der Waals surface area contributed by atoms with Crippen molar-refractivity contribution in [1.29, 1.82) is 0 Å². The summed E-state index contributed by atoms with van der Waals surface area (Å²) < 4.78 is 17.1.